The van der Waals surface area contributed by atoms with E-state index in [-0.39, 0.29) is 11.5 Å². The quantitative estimate of drug-likeness (QED) is 0.676. The van der Waals surface area contributed by atoms with E-state index in [1.54, 1.807) is 6.20 Å². The Morgan fingerprint density at radius 2 is 1.96 bits per heavy atom. The van der Waals surface area contributed by atoms with Crippen molar-refractivity contribution in [3.63, 3.8) is 0 Å². The van der Waals surface area contributed by atoms with Crippen LogP contribution in [0.2, 0.25) is 0 Å². The highest BCUT2D eigenvalue weighted by molar-refractivity contribution is 5.93. The summed E-state index contributed by atoms with van der Waals surface area (Å²) >= 11 is 0. The summed E-state index contributed by atoms with van der Waals surface area (Å²) in [6.45, 7) is 9.30. The molecule has 4 rings (SSSR count). The first-order valence-corrected chi connectivity index (χ1v) is 9.19. The number of aromatic amines is 1. The fourth-order valence-corrected chi connectivity index (χ4v) is 3.67. The first-order chi connectivity index (χ1) is 13.7. The molecule has 138 valence electrons. The van der Waals surface area contributed by atoms with Gasteiger partial charge in [-0.25, -0.2) is 9.83 Å². The number of anilines is 2. The number of nitrogen functional groups attached to an aromatic ring is 1. The van der Waals surface area contributed by atoms with Gasteiger partial charge in [-0.3, -0.25) is 5.10 Å². The molecule has 0 atom stereocenters. The van der Waals surface area contributed by atoms with Gasteiger partial charge >= 0.3 is 0 Å². The van der Waals surface area contributed by atoms with Gasteiger partial charge in [-0.15, -0.1) is 0 Å². The minimum atomic E-state index is 0.163. The van der Waals surface area contributed by atoms with Crippen LogP contribution in [0.15, 0.2) is 36.5 Å². The van der Waals surface area contributed by atoms with Crippen LogP contribution in [0.5, 0.6) is 0 Å². The molecule has 28 heavy (non-hydrogen) atoms. The number of rotatable bonds is 3. The van der Waals surface area contributed by atoms with Crippen LogP contribution in [0.1, 0.15) is 24.8 Å². The van der Waals surface area contributed by atoms with Crippen molar-refractivity contribution in [2.24, 2.45) is 0 Å². The molecule has 0 spiro atoms. The maximum atomic E-state index is 9.98. The molecular formula is C21H19N7. The molecule has 3 heterocycles. The lowest BCUT2D eigenvalue weighted by molar-refractivity contribution is 0.573. The van der Waals surface area contributed by atoms with Gasteiger partial charge in [0.2, 0.25) is 5.69 Å². The summed E-state index contributed by atoms with van der Waals surface area (Å²) in [5, 5.41) is 16.9. The summed E-state index contributed by atoms with van der Waals surface area (Å²) < 4.78 is 0. The summed E-state index contributed by atoms with van der Waals surface area (Å²) in [5.41, 5.74) is 9.88. The van der Waals surface area contributed by atoms with E-state index in [0.717, 1.165) is 42.8 Å². The summed E-state index contributed by atoms with van der Waals surface area (Å²) in [6.07, 6.45) is 4.97. The second kappa shape index (κ2) is 7.42. The summed E-state index contributed by atoms with van der Waals surface area (Å²) in [4.78, 5) is 10.2. The number of aromatic nitrogens is 3. The Kier molecular flexibility index (Phi) is 4.65. The van der Waals surface area contributed by atoms with Crippen LogP contribution in [-0.2, 0) is 0 Å². The first-order valence-electron chi connectivity index (χ1n) is 9.19. The number of hydrogen-bond acceptors (Lipinski definition) is 5. The third kappa shape index (κ3) is 3.04. The van der Waals surface area contributed by atoms with Gasteiger partial charge in [-0.2, -0.15) is 10.4 Å². The Morgan fingerprint density at radius 1 is 1.18 bits per heavy atom. The van der Waals surface area contributed by atoms with Crippen molar-refractivity contribution in [1.29, 1.82) is 5.26 Å². The summed E-state index contributed by atoms with van der Waals surface area (Å²) in [5.74, 6) is 0.741. The van der Waals surface area contributed by atoms with Crippen molar-refractivity contribution < 1.29 is 0 Å². The normalized spacial score (nSPS) is 13.7. The second-order valence-corrected chi connectivity index (χ2v) is 6.74. The maximum Gasteiger partial charge on any atom is 0.237 e. The number of hydrogen-bond donors (Lipinski definition) is 2. The molecular weight excluding hydrogens is 350 g/mol. The number of nitrogens with two attached hydrogens (primary N) is 1. The molecule has 0 radical (unpaired) electrons. The molecule has 0 unspecified atom stereocenters. The topological polar surface area (TPSA) is 99.0 Å². The van der Waals surface area contributed by atoms with E-state index in [1.165, 1.54) is 6.42 Å². The Bertz CT molecular complexity index is 1080. The van der Waals surface area contributed by atoms with Crippen LogP contribution < -0.4 is 10.6 Å². The number of pyridine rings is 1. The second-order valence-electron chi connectivity index (χ2n) is 6.74. The van der Waals surface area contributed by atoms with E-state index in [1.807, 2.05) is 30.3 Å². The standard InChI is InChI=1S/C21H19N7/c1-24-19-18(15-7-5-6-14(12-15)17-8-9-25-27-17)16(13-22)21(26-20(19)23)28-10-3-2-4-11-28/h5-9,12H,2-4,10-11H2,(H2,23,26)(H,25,27). The molecule has 0 saturated carbocycles. The molecule has 0 aliphatic carbocycles. The van der Waals surface area contributed by atoms with Gasteiger partial charge in [0.25, 0.3) is 0 Å². The third-order valence-electron chi connectivity index (χ3n) is 5.02. The molecule has 0 bridgehead atoms. The molecule has 1 saturated heterocycles. The zero-order valence-corrected chi connectivity index (χ0v) is 15.3. The predicted octanol–water partition coefficient (Wildman–Crippen LogP) is 4.13. The van der Waals surface area contributed by atoms with Crippen molar-refractivity contribution in [3.05, 3.63) is 53.5 Å². The highest BCUT2D eigenvalue weighted by Gasteiger charge is 2.24. The molecule has 7 nitrogen and oxygen atoms in total. The van der Waals surface area contributed by atoms with Crippen molar-refractivity contribution in [1.82, 2.24) is 15.2 Å². The molecule has 3 aromatic rings. The molecule has 1 fully saturated rings. The SMILES string of the molecule is [C-]#[N+]c1c(N)nc(N2CCCCC2)c(C#N)c1-c1cccc(-c2ccn[nH]2)c1. The maximum absolute atomic E-state index is 9.98. The van der Waals surface area contributed by atoms with Crippen LogP contribution in [0.3, 0.4) is 0 Å². The number of H-pyrrole nitrogens is 1. The van der Waals surface area contributed by atoms with Crippen LogP contribution in [0.25, 0.3) is 27.2 Å². The molecule has 7 heteroatoms. The number of nitrogens with one attached hydrogen (secondary N) is 1. The zero-order valence-electron chi connectivity index (χ0n) is 15.3. The third-order valence-corrected chi connectivity index (χ3v) is 5.02. The van der Waals surface area contributed by atoms with E-state index in [9.17, 15) is 5.26 Å². The van der Waals surface area contributed by atoms with Crippen LogP contribution in [-0.4, -0.2) is 28.3 Å². The first kappa shape index (κ1) is 17.6. The average molecular weight is 369 g/mol. The smallest absolute Gasteiger partial charge is 0.237 e. The van der Waals surface area contributed by atoms with Gasteiger partial charge in [0.1, 0.15) is 17.7 Å². The predicted molar refractivity (Wildman–Crippen MR) is 109 cm³/mol. The van der Waals surface area contributed by atoms with E-state index in [4.69, 9.17) is 12.3 Å². The highest BCUT2D eigenvalue weighted by Crippen LogP contribution is 2.42. The Hall–Kier alpha value is -3.84. The highest BCUT2D eigenvalue weighted by atomic mass is 15.2. The van der Waals surface area contributed by atoms with E-state index in [0.29, 0.717) is 16.9 Å². The Morgan fingerprint density at radius 3 is 2.64 bits per heavy atom. The number of nitrogens with zero attached hydrogens (tertiary/aromatic N) is 5. The Balaban J connectivity index is 1.93. The summed E-state index contributed by atoms with van der Waals surface area (Å²) in [6, 6.07) is 11.9. The number of benzene rings is 1. The molecule has 1 aliphatic rings. The number of piperidine rings is 1. The molecule has 0 amide bonds. The molecule has 3 N–H and O–H groups in total. The lowest BCUT2D eigenvalue weighted by Crippen LogP contribution is -2.31. The van der Waals surface area contributed by atoms with Crippen molar-refractivity contribution in [2.45, 2.75) is 19.3 Å². The van der Waals surface area contributed by atoms with Gasteiger partial charge in [0.15, 0.2) is 0 Å². The lowest BCUT2D eigenvalue weighted by Gasteiger charge is -2.29. The minimum absolute atomic E-state index is 0.163. The van der Waals surface area contributed by atoms with Gasteiger partial charge < -0.3 is 10.6 Å². The van der Waals surface area contributed by atoms with Gasteiger partial charge in [-0.1, -0.05) is 18.2 Å². The van der Waals surface area contributed by atoms with Gasteiger partial charge in [0, 0.05) is 30.4 Å². The summed E-state index contributed by atoms with van der Waals surface area (Å²) in [7, 11) is 0. The lowest BCUT2D eigenvalue weighted by atomic mass is 9.96. The van der Waals surface area contributed by atoms with Crippen LogP contribution in [0.4, 0.5) is 17.3 Å². The largest absolute Gasteiger partial charge is 0.392 e. The minimum Gasteiger partial charge on any atom is -0.392 e. The fourth-order valence-electron chi connectivity index (χ4n) is 3.67. The van der Waals surface area contributed by atoms with Crippen molar-refractivity contribution >= 4 is 17.3 Å². The molecule has 2 aromatic heterocycles. The van der Waals surface area contributed by atoms with Crippen LogP contribution >= 0.6 is 0 Å². The van der Waals surface area contributed by atoms with Crippen molar-refractivity contribution in [3.8, 4) is 28.5 Å². The average Bonchev–Trinajstić information content (AvgIpc) is 3.28. The van der Waals surface area contributed by atoms with Crippen molar-refractivity contribution in [2.75, 3.05) is 23.7 Å². The zero-order chi connectivity index (χ0) is 19.5. The molecule has 1 aromatic carbocycles. The Labute approximate surface area is 163 Å². The van der Waals surface area contributed by atoms with Gasteiger partial charge in [0.05, 0.1) is 17.8 Å². The molecule has 1 aliphatic heterocycles. The number of nitriles is 1. The van der Waals surface area contributed by atoms with E-state index >= 15 is 0 Å². The van der Waals surface area contributed by atoms with Crippen LogP contribution in [0, 0.1) is 17.9 Å². The monoisotopic (exact) mass is 369 g/mol. The fraction of sp³-hybridized carbons (Fsp3) is 0.238. The van der Waals surface area contributed by atoms with E-state index in [2.05, 4.69) is 31.0 Å². The van der Waals surface area contributed by atoms with Gasteiger partial charge in [-0.05, 0) is 37.0 Å². The van der Waals surface area contributed by atoms with E-state index < -0.39 is 0 Å².